The maximum Gasteiger partial charge on any atom is 0.253 e. The lowest BCUT2D eigenvalue weighted by atomic mass is 10.1. The quantitative estimate of drug-likeness (QED) is 0.894. The van der Waals surface area contributed by atoms with Crippen molar-refractivity contribution in [1.82, 2.24) is 10.2 Å². The molecule has 1 N–H and O–H groups in total. The Morgan fingerprint density at radius 2 is 2.30 bits per heavy atom. The first kappa shape index (κ1) is 17.3. The topological polar surface area (TPSA) is 41.6 Å². The standard InChI is InChI=1S/C14H19BrN2O2.ClH/c1-16-8-10-5-6-17(9-10)14(18)11-3-4-13(19-2)12(15)7-11;/h3-4,7,10,16H,5-6,8-9H2,1-2H3;1H. The molecule has 2 rings (SSSR count). The number of carbonyl (C=O) groups is 1. The van der Waals surface area contributed by atoms with Crippen molar-refractivity contribution in [2.75, 3.05) is 33.8 Å². The number of hydrogen-bond donors (Lipinski definition) is 1. The van der Waals surface area contributed by atoms with E-state index in [1.165, 1.54) is 0 Å². The second kappa shape index (κ2) is 7.86. The third-order valence-corrected chi connectivity index (χ3v) is 4.08. The minimum Gasteiger partial charge on any atom is -0.496 e. The minimum absolute atomic E-state index is 0. The van der Waals surface area contributed by atoms with Gasteiger partial charge < -0.3 is 15.0 Å². The van der Waals surface area contributed by atoms with E-state index in [0.29, 0.717) is 11.5 Å². The van der Waals surface area contributed by atoms with Gasteiger partial charge in [-0.1, -0.05) is 0 Å². The average molecular weight is 364 g/mol. The van der Waals surface area contributed by atoms with Crippen LogP contribution in [0.2, 0.25) is 0 Å². The summed E-state index contributed by atoms with van der Waals surface area (Å²) in [5.41, 5.74) is 0.706. The molecule has 112 valence electrons. The molecule has 1 amide bonds. The van der Waals surface area contributed by atoms with Crippen molar-refractivity contribution < 1.29 is 9.53 Å². The van der Waals surface area contributed by atoms with Gasteiger partial charge in [0.25, 0.3) is 5.91 Å². The highest BCUT2D eigenvalue weighted by Crippen LogP contribution is 2.27. The number of ether oxygens (including phenoxy) is 1. The number of amides is 1. The number of likely N-dealkylation sites (tertiary alicyclic amines) is 1. The number of nitrogens with zero attached hydrogens (tertiary/aromatic N) is 1. The number of benzene rings is 1. The molecule has 6 heteroatoms. The first-order valence-corrected chi connectivity index (χ1v) is 7.22. The lowest BCUT2D eigenvalue weighted by molar-refractivity contribution is 0.0787. The van der Waals surface area contributed by atoms with Gasteiger partial charge in [0.05, 0.1) is 11.6 Å². The van der Waals surface area contributed by atoms with Gasteiger partial charge in [0, 0.05) is 18.7 Å². The Labute approximate surface area is 134 Å². The van der Waals surface area contributed by atoms with Crippen molar-refractivity contribution in [2.45, 2.75) is 6.42 Å². The number of halogens is 2. The van der Waals surface area contributed by atoms with E-state index in [9.17, 15) is 4.79 Å². The zero-order chi connectivity index (χ0) is 13.8. The summed E-state index contributed by atoms with van der Waals surface area (Å²) in [5, 5.41) is 3.17. The third kappa shape index (κ3) is 3.87. The lowest BCUT2D eigenvalue weighted by Gasteiger charge is -2.17. The Balaban J connectivity index is 0.00000200. The minimum atomic E-state index is 0. The van der Waals surface area contributed by atoms with Crippen LogP contribution in [0.5, 0.6) is 5.75 Å². The van der Waals surface area contributed by atoms with E-state index >= 15 is 0 Å². The second-order valence-electron chi connectivity index (χ2n) is 4.81. The zero-order valence-corrected chi connectivity index (χ0v) is 14.1. The molecule has 20 heavy (non-hydrogen) atoms. The van der Waals surface area contributed by atoms with Crippen molar-refractivity contribution in [1.29, 1.82) is 0 Å². The summed E-state index contributed by atoms with van der Waals surface area (Å²) in [7, 11) is 3.56. The van der Waals surface area contributed by atoms with Crippen molar-refractivity contribution >= 4 is 34.2 Å². The van der Waals surface area contributed by atoms with Gasteiger partial charge in [-0.25, -0.2) is 0 Å². The van der Waals surface area contributed by atoms with Crippen LogP contribution in [0.15, 0.2) is 22.7 Å². The molecule has 0 spiro atoms. The van der Waals surface area contributed by atoms with Crippen molar-refractivity contribution in [2.24, 2.45) is 5.92 Å². The molecule has 0 aliphatic carbocycles. The SMILES string of the molecule is CNCC1CCN(C(=O)c2ccc(OC)c(Br)c2)C1.Cl. The molecule has 0 saturated carbocycles. The number of carbonyl (C=O) groups excluding carboxylic acids is 1. The van der Waals surface area contributed by atoms with E-state index in [-0.39, 0.29) is 18.3 Å². The van der Waals surface area contributed by atoms with Crippen LogP contribution in [0, 0.1) is 5.92 Å². The van der Waals surface area contributed by atoms with Crippen LogP contribution in [0.3, 0.4) is 0 Å². The molecular weight excluding hydrogens is 344 g/mol. The first-order chi connectivity index (χ1) is 9.15. The van der Waals surface area contributed by atoms with Gasteiger partial charge in [-0.05, 0) is 60.1 Å². The number of methoxy groups -OCH3 is 1. The smallest absolute Gasteiger partial charge is 0.253 e. The highest BCUT2D eigenvalue weighted by molar-refractivity contribution is 9.10. The fourth-order valence-corrected chi connectivity index (χ4v) is 3.00. The lowest BCUT2D eigenvalue weighted by Crippen LogP contribution is -2.30. The molecule has 1 aromatic rings. The molecule has 0 bridgehead atoms. The van der Waals surface area contributed by atoms with E-state index in [0.717, 1.165) is 36.3 Å². The molecule has 1 fully saturated rings. The predicted octanol–water partition coefficient (Wildman–Crippen LogP) is 2.56. The van der Waals surface area contributed by atoms with Crippen LogP contribution < -0.4 is 10.1 Å². The van der Waals surface area contributed by atoms with Gasteiger partial charge in [0.2, 0.25) is 0 Å². The Morgan fingerprint density at radius 1 is 1.55 bits per heavy atom. The summed E-state index contributed by atoms with van der Waals surface area (Å²) < 4.78 is 5.99. The van der Waals surface area contributed by atoms with Crippen LogP contribution >= 0.6 is 28.3 Å². The summed E-state index contributed by atoms with van der Waals surface area (Å²) in [6, 6.07) is 5.46. The Kier molecular flexibility index (Phi) is 6.79. The maximum atomic E-state index is 12.4. The molecular formula is C14H20BrClN2O2. The second-order valence-corrected chi connectivity index (χ2v) is 5.67. The van der Waals surface area contributed by atoms with Crippen LogP contribution in [-0.2, 0) is 0 Å². The van der Waals surface area contributed by atoms with Crippen LogP contribution in [0.1, 0.15) is 16.8 Å². The zero-order valence-electron chi connectivity index (χ0n) is 11.7. The number of hydrogen-bond acceptors (Lipinski definition) is 3. The molecule has 1 saturated heterocycles. The molecule has 1 heterocycles. The molecule has 1 aliphatic heterocycles. The van der Waals surface area contributed by atoms with Gasteiger partial charge in [-0.3, -0.25) is 4.79 Å². The highest BCUT2D eigenvalue weighted by Gasteiger charge is 2.26. The Hall–Kier alpha value is -0.780. The van der Waals surface area contributed by atoms with Crippen LogP contribution in [0.25, 0.3) is 0 Å². The molecule has 1 aliphatic rings. The van der Waals surface area contributed by atoms with Crippen LogP contribution in [0.4, 0.5) is 0 Å². The van der Waals surface area contributed by atoms with Gasteiger partial charge in [-0.15, -0.1) is 12.4 Å². The van der Waals surface area contributed by atoms with Gasteiger partial charge in [0.1, 0.15) is 5.75 Å². The van der Waals surface area contributed by atoms with Crippen LogP contribution in [-0.4, -0.2) is 44.6 Å². The van der Waals surface area contributed by atoms with Crippen molar-refractivity contribution in [3.63, 3.8) is 0 Å². The molecule has 1 unspecified atom stereocenters. The number of rotatable bonds is 4. The third-order valence-electron chi connectivity index (χ3n) is 3.46. The van der Waals surface area contributed by atoms with E-state index in [1.807, 2.05) is 30.1 Å². The highest BCUT2D eigenvalue weighted by atomic mass is 79.9. The predicted molar refractivity (Wildman–Crippen MR) is 85.9 cm³/mol. The fourth-order valence-electron chi connectivity index (χ4n) is 2.45. The molecule has 0 aromatic heterocycles. The fraction of sp³-hybridized carbons (Fsp3) is 0.500. The number of nitrogens with one attached hydrogen (secondary N) is 1. The average Bonchev–Trinajstić information content (AvgIpc) is 2.87. The monoisotopic (exact) mass is 362 g/mol. The molecule has 4 nitrogen and oxygen atoms in total. The normalized spacial score (nSPS) is 17.8. The summed E-state index contributed by atoms with van der Waals surface area (Å²) in [6.45, 7) is 2.65. The van der Waals surface area contributed by atoms with E-state index in [2.05, 4.69) is 21.2 Å². The molecule has 1 atom stereocenters. The van der Waals surface area contributed by atoms with Gasteiger partial charge in [-0.2, -0.15) is 0 Å². The van der Waals surface area contributed by atoms with E-state index in [4.69, 9.17) is 4.74 Å². The van der Waals surface area contributed by atoms with Crippen molar-refractivity contribution in [3.05, 3.63) is 28.2 Å². The largest absolute Gasteiger partial charge is 0.496 e. The molecule has 0 radical (unpaired) electrons. The molecule has 1 aromatic carbocycles. The van der Waals surface area contributed by atoms with Crippen molar-refractivity contribution in [3.8, 4) is 5.75 Å². The Bertz CT molecular complexity index is 470. The maximum absolute atomic E-state index is 12.4. The summed E-state index contributed by atoms with van der Waals surface area (Å²) >= 11 is 3.42. The van der Waals surface area contributed by atoms with E-state index in [1.54, 1.807) is 7.11 Å². The van der Waals surface area contributed by atoms with Gasteiger partial charge >= 0.3 is 0 Å². The first-order valence-electron chi connectivity index (χ1n) is 6.43. The Morgan fingerprint density at radius 3 is 2.90 bits per heavy atom. The summed E-state index contributed by atoms with van der Waals surface area (Å²) in [5.74, 6) is 1.41. The van der Waals surface area contributed by atoms with Gasteiger partial charge in [0.15, 0.2) is 0 Å². The summed E-state index contributed by atoms with van der Waals surface area (Å²) in [6.07, 6.45) is 1.07. The summed E-state index contributed by atoms with van der Waals surface area (Å²) in [4.78, 5) is 14.3. The van der Waals surface area contributed by atoms with E-state index < -0.39 is 0 Å².